The quantitative estimate of drug-likeness (QED) is 0.854. The molecule has 2 aliphatic rings. The zero-order valence-corrected chi connectivity index (χ0v) is 14.9. The molecule has 3 heterocycles. The average molecular weight is 331 g/mol. The second-order valence-corrected chi connectivity index (χ2v) is 6.88. The molecule has 2 fully saturated rings. The van der Waals surface area contributed by atoms with Crippen LogP contribution in [0.4, 0.5) is 0 Å². The average Bonchev–Trinajstić information content (AvgIpc) is 2.63. The van der Waals surface area contributed by atoms with Gasteiger partial charge in [-0.1, -0.05) is 13.0 Å². The fraction of sp³-hybridized carbons (Fsp3) is 0.667. The highest BCUT2D eigenvalue weighted by Gasteiger charge is 2.30. The number of nitrogens with zero attached hydrogens (tertiary/aromatic N) is 4. The van der Waals surface area contributed by atoms with E-state index in [0.717, 1.165) is 64.5 Å². The first kappa shape index (κ1) is 17.3. The number of carbonyl (C=O) groups is 1. The van der Waals surface area contributed by atoms with E-state index in [-0.39, 0.29) is 11.9 Å². The number of carbonyl (C=O) groups excluding carboxylic acids is 1. The minimum Gasteiger partial charge on any atom is -0.339 e. The number of hydrogen-bond acceptors (Lipinski definition) is 5. The smallest absolute Gasteiger partial charge is 0.241 e. The van der Waals surface area contributed by atoms with E-state index < -0.39 is 0 Å². The Bertz CT molecular complexity index is 539. The van der Waals surface area contributed by atoms with Gasteiger partial charge in [-0.2, -0.15) is 0 Å². The lowest BCUT2D eigenvalue weighted by Crippen LogP contribution is -2.59. The van der Waals surface area contributed by atoms with E-state index in [0.29, 0.717) is 0 Å². The van der Waals surface area contributed by atoms with Crippen LogP contribution in [0.3, 0.4) is 0 Å². The molecule has 6 heteroatoms. The normalized spacial score (nSPS) is 23.4. The molecule has 3 rings (SSSR count). The van der Waals surface area contributed by atoms with E-state index in [1.54, 1.807) is 0 Å². The van der Waals surface area contributed by atoms with Crippen LogP contribution in [0.5, 0.6) is 0 Å². The maximum Gasteiger partial charge on any atom is 0.241 e. The lowest BCUT2D eigenvalue weighted by molar-refractivity contribution is -0.136. The number of hydrogen-bond donors (Lipinski definition) is 1. The number of piperazine rings is 2. The van der Waals surface area contributed by atoms with Crippen molar-refractivity contribution in [3.8, 4) is 0 Å². The van der Waals surface area contributed by atoms with Crippen molar-refractivity contribution in [2.75, 3.05) is 52.9 Å². The summed E-state index contributed by atoms with van der Waals surface area (Å²) in [6.45, 7) is 9.16. The Balaban J connectivity index is 1.54. The van der Waals surface area contributed by atoms with Crippen LogP contribution in [0.25, 0.3) is 0 Å². The molecule has 1 atom stereocenters. The van der Waals surface area contributed by atoms with E-state index in [9.17, 15) is 4.79 Å². The highest BCUT2D eigenvalue weighted by Crippen LogP contribution is 2.10. The number of pyridine rings is 1. The Labute approximate surface area is 144 Å². The molecule has 1 amide bonds. The molecular weight excluding hydrogens is 302 g/mol. The maximum absolute atomic E-state index is 12.7. The van der Waals surface area contributed by atoms with Gasteiger partial charge in [-0.05, 0) is 25.1 Å². The summed E-state index contributed by atoms with van der Waals surface area (Å²) >= 11 is 0. The van der Waals surface area contributed by atoms with Crippen LogP contribution in [0.15, 0.2) is 18.3 Å². The van der Waals surface area contributed by atoms with Crippen molar-refractivity contribution in [3.63, 3.8) is 0 Å². The standard InChI is InChI=1S/C18H29N5O/c1-3-15-4-5-16(20-12-15)13-22-7-6-19-17(14-22)18(24)23-10-8-21(2)9-11-23/h4-5,12,17,19H,3,6-11,13-14H2,1-2H3/t17-/m1/s1. The van der Waals surface area contributed by atoms with E-state index in [2.05, 4.69) is 46.2 Å². The van der Waals surface area contributed by atoms with Gasteiger partial charge in [0.1, 0.15) is 0 Å². The van der Waals surface area contributed by atoms with Crippen molar-refractivity contribution in [1.29, 1.82) is 0 Å². The molecule has 1 aromatic heterocycles. The number of nitrogens with one attached hydrogen (secondary N) is 1. The topological polar surface area (TPSA) is 51.7 Å². The van der Waals surface area contributed by atoms with Gasteiger partial charge >= 0.3 is 0 Å². The first-order valence-electron chi connectivity index (χ1n) is 9.02. The summed E-state index contributed by atoms with van der Waals surface area (Å²) in [6, 6.07) is 4.17. The summed E-state index contributed by atoms with van der Waals surface area (Å²) in [6.07, 6.45) is 2.98. The molecule has 6 nitrogen and oxygen atoms in total. The molecule has 1 aromatic rings. The molecule has 1 N–H and O–H groups in total. The first-order chi connectivity index (χ1) is 11.7. The molecule has 24 heavy (non-hydrogen) atoms. The van der Waals surface area contributed by atoms with Crippen LogP contribution in [-0.4, -0.2) is 84.5 Å². The van der Waals surface area contributed by atoms with E-state index in [1.165, 1.54) is 5.56 Å². The van der Waals surface area contributed by atoms with E-state index in [4.69, 9.17) is 0 Å². The minimum atomic E-state index is -0.0860. The SMILES string of the molecule is CCc1ccc(CN2CCN[C@@H](C(=O)N3CCN(C)CC3)C2)nc1. The molecule has 0 unspecified atom stereocenters. The maximum atomic E-state index is 12.7. The summed E-state index contributed by atoms with van der Waals surface area (Å²) in [5.41, 5.74) is 2.35. The summed E-state index contributed by atoms with van der Waals surface area (Å²) in [4.78, 5) is 23.9. The van der Waals surface area contributed by atoms with Gasteiger partial charge < -0.3 is 15.1 Å². The molecule has 0 spiro atoms. The molecule has 0 aliphatic carbocycles. The van der Waals surface area contributed by atoms with Crippen LogP contribution >= 0.6 is 0 Å². The zero-order valence-electron chi connectivity index (χ0n) is 14.9. The molecule has 0 saturated carbocycles. The van der Waals surface area contributed by atoms with Crippen LogP contribution in [-0.2, 0) is 17.8 Å². The summed E-state index contributed by atoms with van der Waals surface area (Å²) in [5, 5.41) is 3.39. The second kappa shape index (κ2) is 8.05. The number of amides is 1. The number of aromatic nitrogens is 1. The minimum absolute atomic E-state index is 0.0860. The molecular formula is C18H29N5O. The fourth-order valence-corrected chi connectivity index (χ4v) is 3.35. The predicted molar refractivity (Wildman–Crippen MR) is 94.8 cm³/mol. The Morgan fingerprint density at radius 2 is 2.04 bits per heavy atom. The van der Waals surface area contributed by atoms with Crippen molar-refractivity contribution >= 4 is 5.91 Å². The highest BCUT2D eigenvalue weighted by atomic mass is 16.2. The molecule has 2 aliphatic heterocycles. The molecule has 2 saturated heterocycles. The Morgan fingerprint density at radius 3 is 2.71 bits per heavy atom. The fourth-order valence-electron chi connectivity index (χ4n) is 3.35. The molecule has 0 radical (unpaired) electrons. The molecule has 132 valence electrons. The van der Waals surface area contributed by atoms with Gasteiger partial charge in [-0.15, -0.1) is 0 Å². The third kappa shape index (κ3) is 4.32. The Kier molecular flexibility index (Phi) is 5.81. The molecule has 0 bridgehead atoms. The zero-order chi connectivity index (χ0) is 16.9. The van der Waals surface area contributed by atoms with Gasteiger partial charge in [0, 0.05) is 58.6 Å². The number of likely N-dealkylation sites (N-methyl/N-ethyl adjacent to an activating group) is 1. The van der Waals surface area contributed by atoms with Gasteiger partial charge in [-0.25, -0.2) is 0 Å². The molecule has 0 aromatic carbocycles. The van der Waals surface area contributed by atoms with Gasteiger partial charge in [0.05, 0.1) is 11.7 Å². The lowest BCUT2D eigenvalue weighted by atomic mass is 10.1. The van der Waals surface area contributed by atoms with Gasteiger partial charge in [-0.3, -0.25) is 14.7 Å². The van der Waals surface area contributed by atoms with Gasteiger partial charge in [0.15, 0.2) is 0 Å². The predicted octanol–water partition coefficient (Wildman–Crippen LogP) is 0.192. The monoisotopic (exact) mass is 331 g/mol. The van der Waals surface area contributed by atoms with Crippen molar-refractivity contribution in [2.24, 2.45) is 0 Å². The Morgan fingerprint density at radius 1 is 1.25 bits per heavy atom. The number of rotatable bonds is 4. The third-order valence-electron chi connectivity index (χ3n) is 5.05. The number of aryl methyl sites for hydroxylation is 1. The van der Waals surface area contributed by atoms with E-state index >= 15 is 0 Å². The van der Waals surface area contributed by atoms with Crippen molar-refractivity contribution < 1.29 is 4.79 Å². The van der Waals surface area contributed by atoms with Crippen molar-refractivity contribution in [2.45, 2.75) is 25.9 Å². The lowest BCUT2D eigenvalue weighted by Gasteiger charge is -2.38. The van der Waals surface area contributed by atoms with Crippen molar-refractivity contribution in [1.82, 2.24) is 25.0 Å². The largest absolute Gasteiger partial charge is 0.339 e. The van der Waals surface area contributed by atoms with Crippen molar-refractivity contribution in [3.05, 3.63) is 29.6 Å². The van der Waals surface area contributed by atoms with Crippen LogP contribution in [0.2, 0.25) is 0 Å². The first-order valence-corrected chi connectivity index (χ1v) is 9.02. The summed E-state index contributed by atoms with van der Waals surface area (Å²) in [5.74, 6) is 0.252. The summed E-state index contributed by atoms with van der Waals surface area (Å²) in [7, 11) is 2.11. The van der Waals surface area contributed by atoms with Crippen LogP contribution in [0.1, 0.15) is 18.2 Å². The van der Waals surface area contributed by atoms with Crippen LogP contribution in [0, 0.1) is 0 Å². The highest BCUT2D eigenvalue weighted by molar-refractivity contribution is 5.82. The van der Waals surface area contributed by atoms with E-state index in [1.807, 2.05) is 11.1 Å². The van der Waals surface area contributed by atoms with Gasteiger partial charge in [0.25, 0.3) is 0 Å². The van der Waals surface area contributed by atoms with Gasteiger partial charge in [0.2, 0.25) is 5.91 Å². The van der Waals surface area contributed by atoms with Crippen LogP contribution < -0.4 is 5.32 Å². The third-order valence-corrected chi connectivity index (χ3v) is 5.05. The summed E-state index contributed by atoms with van der Waals surface area (Å²) < 4.78 is 0. The second-order valence-electron chi connectivity index (χ2n) is 6.88. The Hall–Kier alpha value is -1.50.